The van der Waals surface area contributed by atoms with Crippen molar-refractivity contribution in [2.75, 3.05) is 11.1 Å². The van der Waals surface area contributed by atoms with Crippen molar-refractivity contribution in [3.05, 3.63) is 41.6 Å². The van der Waals surface area contributed by atoms with Crippen molar-refractivity contribution >= 4 is 40.0 Å². The fraction of sp³-hybridized carbons (Fsp3) is 0.353. The third kappa shape index (κ3) is 5.07. The van der Waals surface area contributed by atoms with Crippen LogP contribution >= 0.6 is 23.1 Å². The second kappa shape index (κ2) is 8.84. The van der Waals surface area contributed by atoms with Gasteiger partial charge >= 0.3 is 0 Å². The van der Waals surface area contributed by atoms with Gasteiger partial charge in [0.15, 0.2) is 5.13 Å². The van der Waals surface area contributed by atoms with Gasteiger partial charge in [0, 0.05) is 0 Å². The molecule has 0 aliphatic carbocycles. The molecule has 3 N–H and O–H groups in total. The van der Waals surface area contributed by atoms with Crippen molar-refractivity contribution in [3.8, 4) is 0 Å². The van der Waals surface area contributed by atoms with Gasteiger partial charge in [-0.1, -0.05) is 55.0 Å². The Morgan fingerprint density at radius 3 is 2.67 bits per heavy atom. The molecule has 0 radical (unpaired) electrons. The molecule has 24 heavy (non-hydrogen) atoms. The molecule has 2 aromatic rings. The molecule has 7 heteroatoms. The van der Waals surface area contributed by atoms with Crippen LogP contribution in [-0.4, -0.2) is 22.6 Å². The summed E-state index contributed by atoms with van der Waals surface area (Å²) in [7, 11) is 0. The van der Waals surface area contributed by atoms with Gasteiger partial charge < -0.3 is 11.1 Å². The Hall–Kier alpha value is -1.86. The highest BCUT2D eigenvalue weighted by Gasteiger charge is 2.21. The molecule has 0 aliphatic heterocycles. The topological polar surface area (TPSA) is 85.1 Å². The number of primary amides is 1. The van der Waals surface area contributed by atoms with Gasteiger partial charge in [0.25, 0.3) is 0 Å². The lowest BCUT2D eigenvalue weighted by Gasteiger charge is -2.15. The second-order valence-electron chi connectivity index (χ2n) is 5.39. The lowest BCUT2D eigenvalue weighted by Crippen LogP contribution is -2.21. The van der Waals surface area contributed by atoms with E-state index in [1.165, 1.54) is 23.1 Å². The minimum absolute atomic E-state index is 0.0525. The van der Waals surface area contributed by atoms with Gasteiger partial charge in [0.2, 0.25) is 11.8 Å². The van der Waals surface area contributed by atoms with E-state index in [-0.39, 0.29) is 23.5 Å². The highest BCUT2D eigenvalue weighted by atomic mass is 32.2. The Morgan fingerprint density at radius 1 is 1.33 bits per heavy atom. The third-order valence-corrected chi connectivity index (χ3v) is 5.88. The number of benzene rings is 1. The Labute approximate surface area is 150 Å². The monoisotopic (exact) mass is 363 g/mol. The van der Waals surface area contributed by atoms with Crippen LogP contribution in [0.3, 0.4) is 0 Å². The fourth-order valence-corrected chi connectivity index (χ4v) is 4.20. The summed E-state index contributed by atoms with van der Waals surface area (Å²) in [5.41, 5.74) is 6.98. The Bertz CT molecular complexity index is 701. The molecule has 2 amide bonds. The molecule has 0 saturated heterocycles. The fourth-order valence-electron chi connectivity index (χ4n) is 2.32. The van der Waals surface area contributed by atoms with Gasteiger partial charge in [-0.25, -0.2) is 4.98 Å². The van der Waals surface area contributed by atoms with E-state index < -0.39 is 0 Å². The number of nitrogens with zero attached hydrogens (tertiary/aromatic N) is 1. The van der Waals surface area contributed by atoms with Gasteiger partial charge in [-0.05, 0) is 18.9 Å². The minimum Gasteiger partial charge on any atom is -0.369 e. The van der Waals surface area contributed by atoms with E-state index in [9.17, 15) is 9.59 Å². The number of rotatable bonds is 8. The SMILES string of the molecule is CCCC(C(=O)Nc1nc(C)c(SCC(N)=O)s1)c1ccccc1. The van der Waals surface area contributed by atoms with Gasteiger partial charge in [0.1, 0.15) is 0 Å². The van der Waals surface area contributed by atoms with Crippen LogP contribution in [0.25, 0.3) is 0 Å². The van der Waals surface area contributed by atoms with Crippen LogP contribution in [0.1, 0.15) is 36.9 Å². The number of aryl methyl sites for hydroxylation is 1. The van der Waals surface area contributed by atoms with Crippen molar-refractivity contribution in [2.24, 2.45) is 5.73 Å². The molecule has 0 bridgehead atoms. The molecule has 128 valence electrons. The molecule has 0 spiro atoms. The number of anilines is 1. The zero-order valence-corrected chi connectivity index (χ0v) is 15.4. The zero-order valence-electron chi connectivity index (χ0n) is 13.7. The number of aromatic nitrogens is 1. The molecule has 1 atom stereocenters. The summed E-state index contributed by atoms with van der Waals surface area (Å²) in [5, 5.41) is 3.47. The van der Waals surface area contributed by atoms with Gasteiger partial charge in [-0.15, -0.1) is 11.8 Å². The number of hydrogen-bond acceptors (Lipinski definition) is 5. The van der Waals surface area contributed by atoms with Crippen LogP contribution in [0.4, 0.5) is 5.13 Å². The molecule has 1 unspecified atom stereocenters. The van der Waals surface area contributed by atoms with Crippen LogP contribution in [-0.2, 0) is 9.59 Å². The number of carbonyl (C=O) groups excluding carboxylic acids is 2. The predicted octanol–water partition coefficient (Wildman–Crippen LogP) is 3.55. The van der Waals surface area contributed by atoms with Crippen LogP contribution in [0.2, 0.25) is 0 Å². The van der Waals surface area contributed by atoms with Crippen LogP contribution in [0.5, 0.6) is 0 Å². The lowest BCUT2D eigenvalue weighted by molar-refractivity contribution is -0.118. The Kier molecular flexibility index (Phi) is 6.81. The van der Waals surface area contributed by atoms with Gasteiger partial charge in [-0.3, -0.25) is 9.59 Å². The smallest absolute Gasteiger partial charge is 0.233 e. The van der Waals surface area contributed by atoms with E-state index in [1.807, 2.05) is 37.3 Å². The van der Waals surface area contributed by atoms with E-state index in [1.54, 1.807) is 0 Å². The normalized spacial score (nSPS) is 11.9. The summed E-state index contributed by atoms with van der Waals surface area (Å²) in [6, 6.07) is 9.77. The van der Waals surface area contributed by atoms with Crippen molar-refractivity contribution in [2.45, 2.75) is 36.8 Å². The minimum atomic E-state index is -0.370. The standard InChI is InChI=1S/C17H21N3O2S2/c1-3-7-13(12-8-5-4-6-9-12)15(22)20-17-19-11(2)16(24-17)23-10-14(18)21/h4-6,8-9,13H,3,7,10H2,1-2H3,(H2,18,21)(H,19,20,22). The van der Waals surface area contributed by atoms with Crippen LogP contribution in [0, 0.1) is 6.92 Å². The number of nitrogens with two attached hydrogens (primary N) is 1. The molecular formula is C17H21N3O2S2. The maximum absolute atomic E-state index is 12.7. The van der Waals surface area contributed by atoms with E-state index >= 15 is 0 Å². The summed E-state index contributed by atoms with van der Waals surface area (Å²) in [6.07, 6.45) is 1.70. The first-order valence-electron chi connectivity index (χ1n) is 7.75. The van der Waals surface area contributed by atoms with Crippen LogP contribution in [0.15, 0.2) is 34.5 Å². The first-order valence-corrected chi connectivity index (χ1v) is 9.55. The van der Waals surface area contributed by atoms with Crippen molar-refractivity contribution in [3.63, 3.8) is 0 Å². The van der Waals surface area contributed by atoms with Crippen LogP contribution < -0.4 is 11.1 Å². The molecule has 0 fully saturated rings. The molecule has 1 aromatic carbocycles. The molecular weight excluding hydrogens is 342 g/mol. The van der Waals surface area contributed by atoms with Crippen molar-refractivity contribution in [1.82, 2.24) is 4.98 Å². The number of thioether (sulfide) groups is 1. The molecule has 0 aliphatic rings. The van der Waals surface area contributed by atoms with Gasteiger partial charge in [0.05, 0.1) is 21.6 Å². The maximum Gasteiger partial charge on any atom is 0.233 e. The van der Waals surface area contributed by atoms with E-state index in [2.05, 4.69) is 17.2 Å². The summed E-state index contributed by atoms with van der Waals surface area (Å²) < 4.78 is 0.899. The highest BCUT2D eigenvalue weighted by molar-refractivity contribution is 8.01. The number of carbonyl (C=O) groups is 2. The van der Waals surface area contributed by atoms with E-state index in [0.29, 0.717) is 5.13 Å². The summed E-state index contributed by atoms with van der Waals surface area (Å²) >= 11 is 2.72. The zero-order chi connectivity index (χ0) is 17.5. The number of thiazole rings is 1. The van der Waals surface area contributed by atoms with E-state index in [4.69, 9.17) is 5.73 Å². The number of hydrogen-bond donors (Lipinski definition) is 2. The molecule has 1 heterocycles. The average molecular weight is 364 g/mol. The number of amides is 2. The first kappa shape index (κ1) is 18.5. The second-order valence-corrected chi connectivity index (χ2v) is 7.63. The van der Waals surface area contributed by atoms with E-state index in [0.717, 1.165) is 28.3 Å². The summed E-state index contributed by atoms with van der Waals surface area (Å²) in [5.74, 6) is -0.408. The molecule has 5 nitrogen and oxygen atoms in total. The average Bonchev–Trinajstić information content (AvgIpc) is 2.90. The highest BCUT2D eigenvalue weighted by Crippen LogP contribution is 2.33. The third-order valence-electron chi connectivity index (χ3n) is 3.43. The molecule has 2 rings (SSSR count). The van der Waals surface area contributed by atoms with Crippen molar-refractivity contribution < 1.29 is 9.59 Å². The molecule has 1 aromatic heterocycles. The first-order chi connectivity index (χ1) is 11.5. The maximum atomic E-state index is 12.7. The predicted molar refractivity (Wildman–Crippen MR) is 99.5 cm³/mol. The molecule has 0 saturated carbocycles. The Balaban J connectivity index is 2.09. The quantitative estimate of drug-likeness (QED) is 0.702. The largest absolute Gasteiger partial charge is 0.369 e. The lowest BCUT2D eigenvalue weighted by atomic mass is 9.94. The van der Waals surface area contributed by atoms with Gasteiger partial charge in [-0.2, -0.15) is 0 Å². The van der Waals surface area contributed by atoms with Crippen molar-refractivity contribution in [1.29, 1.82) is 0 Å². The number of nitrogens with one attached hydrogen (secondary N) is 1. The Morgan fingerprint density at radius 2 is 2.04 bits per heavy atom. The summed E-state index contributed by atoms with van der Waals surface area (Å²) in [4.78, 5) is 27.9. The summed E-state index contributed by atoms with van der Waals surface area (Å²) in [6.45, 7) is 3.92.